The van der Waals surface area contributed by atoms with Crippen LogP contribution in [-0.2, 0) is 9.59 Å². The number of para-hydroxylation sites is 1. The molecular weight excluding hydrogens is 306 g/mol. The van der Waals surface area contributed by atoms with Gasteiger partial charge < -0.3 is 15.2 Å². The highest BCUT2D eigenvalue weighted by molar-refractivity contribution is 6.31. The molecule has 2 N–H and O–H groups in total. The van der Waals surface area contributed by atoms with Crippen LogP contribution < -0.4 is 10.1 Å². The molecule has 1 aliphatic carbocycles. The molecule has 1 unspecified atom stereocenters. The van der Waals surface area contributed by atoms with Crippen LogP contribution in [-0.4, -0.2) is 29.6 Å². The van der Waals surface area contributed by atoms with Gasteiger partial charge in [0.2, 0.25) is 5.91 Å². The zero-order chi connectivity index (χ0) is 16.2. The Morgan fingerprint density at radius 3 is 2.50 bits per heavy atom. The quantitative estimate of drug-likeness (QED) is 0.816. The topological polar surface area (TPSA) is 75.6 Å². The van der Waals surface area contributed by atoms with Gasteiger partial charge >= 0.3 is 5.97 Å². The monoisotopic (exact) mass is 325 g/mol. The fraction of sp³-hybridized carbons (Fsp3) is 0.500. The molecule has 1 saturated carbocycles. The van der Waals surface area contributed by atoms with E-state index in [1.807, 2.05) is 0 Å². The van der Waals surface area contributed by atoms with Crippen molar-refractivity contribution in [2.24, 2.45) is 0 Å². The van der Waals surface area contributed by atoms with E-state index in [9.17, 15) is 14.7 Å². The zero-order valence-electron chi connectivity index (χ0n) is 12.5. The summed E-state index contributed by atoms with van der Waals surface area (Å²) in [4.78, 5) is 24.0. The number of carboxylic acids is 1. The van der Waals surface area contributed by atoms with E-state index in [1.54, 1.807) is 24.3 Å². The highest BCUT2D eigenvalue weighted by Gasteiger charge is 2.42. The minimum Gasteiger partial charge on any atom is -0.496 e. The number of aliphatic carboxylic acids is 1. The first-order valence-electron chi connectivity index (χ1n) is 7.32. The molecule has 2 rings (SSSR count). The van der Waals surface area contributed by atoms with Crippen molar-refractivity contribution in [1.29, 1.82) is 0 Å². The molecule has 0 aromatic heterocycles. The number of alkyl halides is 1. The summed E-state index contributed by atoms with van der Waals surface area (Å²) in [5, 5.41) is 11.2. The average Bonchev–Trinajstić information content (AvgIpc) is 2.54. The second-order valence-corrected chi connectivity index (χ2v) is 5.98. The molecule has 1 fully saturated rings. The molecule has 0 spiro atoms. The number of carboxylic acid groups (broad SMARTS) is 1. The molecule has 0 radical (unpaired) electrons. The second kappa shape index (κ2) is 7.01. The summed E-state index contributed by atoms with van der Waals surface area (Å²) < 4.78 is 5.20. The number of halogens is 1. The Balaban J connectivity index is 2.18. The van der Waals surface area contributed by atoms with Crippen LogP contribution in [0.3, 0.4) is 0 Å². The number of amides is 1. The number of carbonyl (C=O) groups excluding carboxylic acids is 1. The lowest BCUT2D eigenvalue weighted by atomic mass is 9.81. The number of benzene rings is 1. The lowest BCUT2D eigenvalue weighted by Gasteiger charge is -2.34. The molecule has 22 heavy (non-hydrogen) atoms. The molecule has 1 aliphatic rings. The lowest BCUT2D eigenvalue weighted by molar-refractivity contribution is -0.149. The normalized spacial score (nSPS) is 18.3. The highest BCUT2D eigenvalue weighted by atomic mass is 35.5. The van der Waals surface area contributed by atoms with Crippen molar-refractivity contribution >= 4 is 23.5 Å². The van der Waals surface area contributed by atoms with Crippen molar-refractivity contribution in [1.82, 2.24) is 5.32 Å². The number of methoxy groups -OCH3 is 1. The van der Waals surface area contributed by atoms with Gasteiger partial charge in [-0.25, -0.2) is 4.79 Å². The van der Waals surface area contributed by atoms with E-state index < -0.39 is 22.8 Å². The summed E-state index contributed by atoms with van der Waals surface area (Å²) >= 11 is 6.24. The fourth-order valence-corrected chi connectivity index (χ4v) is 3.10. The minimum absolute atomic E-state index is 0.434. The smallest absolute Gasteiger partial charge is 0.329 e. The van der Waals surface area contributed by atoms with Crippen LogP contribution in [0.15, 0.2) is 24.3 Å². The third kappa shape index (κ3) is 3.35. The largest absolute Gasteiger partial charge is 0.496 e. The van der Waals surface area contributed by atoms with Crippen molar-refractivity contribution < 1.29 is 19.4 Å². The van der Waals surface area contributed by atoms with E-state index in [4.69, 9.17) is 16.3 Å². The minimum atomic E-state index is -1.20. The maximum Gasteiger partial charge on any atom is 0.329 e. The number of rotatable bonds is 5. The van der Waals surface area contributed by atoms with Crippen LogP contribution in [0.4, 0.5) is 0 Å². The predicted molar refractivity (Wildman–Crippen MR) is 83.2 cm³/mol. The first kappa shape index (κ1) is 16.6. The third-order valence-corrected chi connectivity index (χ3v) is 4.55. The SMILES string of the molecule is COc1ccccc1C(Cl)C(=O)NC1(C(=O)O)CCCCC1. The van der Waals surface area contributed by atoms with E-state index >= 15 is 0 Å². The molecule has 5 nitrogen and oxygen atoms in total. The Hall–Kier alpha value is -1.75. The summed E-state index contributed by atoms with van der Waals surface area (Å²) in [7, 11) is 1.50. The van der Waals surface area contributed by atoms with Crippen LogP contribution in [0.5, 0.6) is 5.75 Å². The van der Waals surface area contributed by atoms with Gasteiger partial charge in [0.25, 0.3) is 0 Å². The second-order valence-electron chi connectivity index (χ2n) is 5.54. The van der Waals surface area contributed by atoms with Crippen LogP contribution in [0.2, 0.25) is 0 Å². The number of ether oxygens (including phenoxy) is 1. The first-order valence-corrected chi connectivity index (χ1v) is 7.76. The predicted octanol–water partition coefficient (Wildman–Crippen LogP) is 2.88. The van der Waals surface area contributed by atoms with Crippen LogP contribution >= 0.6 is 11.6 Å². The van der Waals surface area contributed by atoms with Gasteiger partial charge in [0.05, 0.1) is 7.11 Å². The molecule has 0 heterocycles. The van der Waals surface area contributed by atoms with E-state index in [0.29, 0.717) is 24.2 Å². The molecular formula is C16H20ClNO4. The maximum atomic E-state index is 12.4. The van der Waals surface area contributed by atoms with Gasteiger partial charge in [-0.3, -0.25) is 4.79 Å². The van der Waals surface area contributed by atoms with E-state index in [1.165, 1.54) is 7.11 Å². The molecule has 1 atom stereocenters. The summed E-state index contributed by atoms with van der Waals surface area (Å²) in [6.07, 6.45) is 3.43. The van der Waals surface area contributed by atoms with Gasteiger partial charge in [-0.1, -0.05) is 37.5 Å². The van der Waals surface area contributed by atoms with E-state index in [0.717, 1.165) is 19.3 Å². The average molecular weight is 326 g/mol. The maximum absolute atomic E-state index is 12.4. The van der Waals surface area contributed by atoms with Crippen LogP contribution in [0.25, 0.3) is 0 Å². The molecule has 120 valence electrons. The summed E-state index contributed by atoms with van der Waals surface area (Å²) in [5.41, 5.74) is -0.676. The van der Waals surface area contributed by atoms with Gasteiger partial charge in [0.15, 0.2) is 0 Å². The number of carbonyl (C=O) groups is 2. The number of hydrogen-bond donors (Lipinski definition) is 2. The highest BCUT2D eigenvalue weighted by Crippen LogP contribution is 2.33. The molecule has 6 heteroatoms. The van der Waals surface area contributed by atoms with Crippen molar-refractivity contribution in [3.8, 4) is 5.75 Å². The van der Waals surface area contributed by atoms with Crippen molar-refractivity contribution in [3.05, 3.63) is 29.8 Å². The Bertz CT molecular complexity index is 555. The molecule has 0 saturated heterocycles. The van der Waals surface area contributed by atoms with Gasteiger partial charge in [-0.2, -0.15) is 0 Å². The van der Waals surface area contributed by atoms with E-state index in [-0.39, 0.29) is 0 Å². The summed E-state index contributed by atoms with van der Waals surface area (Å²) in [6, 6.07) is 6.95. The van der Waals surface area contributed by atoms with Crippen molar-refractivity contribution in [2.45, 2.75) is 43.0 Å². The molecule has 1 amide bonds. The van der Waals surface area contributed by atoms with Crippen molar-refractivity contribution in [2.75, 3.05) is 7.11 Å². The van der Waals surface area contributed by atoms with E-state index in [2.05, 4.69) is 5.32 Å². The Morgan fingerprint density at radius 2 is 1.91 bits per heavy atom. The standard InChI is InChI=1S/C16H20ClNO4/c1-22-12-8-4-3-7-11(12)13(17)14(19)18-16(15(20)21)9-5-2-6-10-16/h3-4,7-8,13H,2,5-6,9-10H2,1H3,(H,18,19)(H,20,21). The molecule has 1 aromatic carbocycles. The zero-order valence-corrected chi connectivity index (χ0v) is 13.2. The van der Waals surface area contributed by atoms with Gasteiger partial charge in [-0.05, 0) is 18.9 Å². The Labute approximate surface area is 134 Å². The van der Waals surface area contributed by atoms with Crippen LogP contribution in [0.1, 0.15) is 43.0 Å². The fourth-order valence-electron chi connectivity index (χ4n) is 2.86. The first-order chi connectivity index (χ1) is 10.5. The Kier molecular flexibility index (Phi) is 5.29. The third-order valence-electron chi connectivity index (χ3n) is 4.12. The Morgan fingerprint density at radius 1 is 1.27 bits per heavy atom. The number of hydrogen-bond acceptors (Lipinski definition) is 3. The molecule has 0 bridgehead atoms. The van der Waals surface area contributed by atoms with Gasteiger partial charge in [0, 0.05) is 5.56 Å². The van der Waals surface area contributed by atoms with Gasteiger partial charge in [0.1, 0.15) is 16.7 Å². The summed E-state index contributed by atoms with van der Waals surface area (Å²) in [5.74, 6) is -0.995. The lowest BCUT2D eigenvalue weighted by Crippen LogP contribution is -2.56. The molecule has 1 aromatic rings. The van der Waals surface area contributed by atoms with Gasteiger partial charge in [-0.15, -0.1) is 11.6 Å². The molecule has 0 aliphatic heterocycles. The van der Waals surface area contributed by atoms with Crippen LogP contribution in [0, 0.1) is 0 Å². The van der Waals surface area contributed by atoms with Crippen molar-refractivity contribution in [3.63, 3.8) is 0 Å². The number of nitrogens with one attached hydrogen (secondary N) is 1. The summed E-state index contributed by atoms with van der Waals surface area (Å²) in [6.45, 7) is 0.